The number of methoxy groups -OCH3 is 2. The summed E-state index contributed by atoms with van der Waals surface area (Å²) in [5.41, 5.74) is 7.93. The van der Waals surface area contributed by atoms with Gasteiger partial charge in [0.05, 0.1) is 42.2 Å². The summed E-state index contributed by atoms with van der Waals surface area (Å²) in [6, 6.07) is 1.68. The summed E-state index contributed by atoms with van der Waals surface area (Å²) in [4.78, 5) is 4.32. The van der Waals surface area contributed by atoms with Gasteiger partial charge in [0.25, 0.3) is 0 Å². The fourth-order valence-corrected chi connectivity index (χ4v) is 2.30. The molecule has 5 nitrogen and oxygen atoms in total. The first kappa shape index (κ1) is 13.5. The third-order valence-electron chi connectivity index (χ3n) is 2.82. The predicted molar refractivity (Wildman–Crippen MR) is 78.4 cm³/mol. The van der Waals surface area contributed by atoms with Crippen LogP contribution in [-0.4, -0.2) is 25.7 Å². The summed E-state index contributed by atoms with van der Waals surface area (Å²) in [5, 5.41) is 4.40. The minimum atomic E-state index is 0.457. The van der Waals surface area contributed by atoms with Crippen LogP contribution < -0.4 is 20.5 Å². The van der Waals surface area contributed by atoms with Gasteiger partial charge in [-0.15, -0.1) is 0 Å². The van der Waals surface area contributed by atoms with E-state index in [1.165, 1.54) is 0 Å². The summed E-state index contributed by atoms with van der Waals surface area (Å²) >= 11 is 6.21. The standard InChI is InChI=1S/C13H16ClN3O2/c1-4-16-11-8(15)6-17-12-9(18-2)5-7(14)13(19-3)10(11)12/h5-6H,4,15H2,1-3H3,(H,16,17). The van der Waals surface area contributed by atoms with Crippen LogP contribution in [-0.2, 0) is 0 Å². The molecule has 2 aromatic rings. The Labute approximate surface area is 116 Å². The van der Waals surface area contributed by atoms with Gasteiger partial charge < -0.3 is 20.5 Å². The highest BCUT2D eigenvalue weighted by Gasteiger charge is 2.18. The lowest BCUT2D eigenvalue weighted by Gasteiger charge is -2.16. The molecule has 0 spiro atoms. The van der Waals surface area contributed by atoms with Crippen molar-refractivity contribution in [1.82, 2.24) is 4.98 Å². The molecule has 0 aliphatic rings. The van der Waals surface area contributed by atoms with Crippen LogP contribution in [0, 0.1) is 0 Å². The van der Waals surface area contributed by atoms with E-state index < -0.39 is 0 Å². The van der Waals surface area contributed by atoms with Crippen molar-refractivity contribution in [2.24, 2.45) is 0 Å². The number of anilines is 2. The largest absolute Gasteiger partial charge is 0.494 e. The van der Waals surface area contributed by atoms with Gasteiger partial charge in [-0.1, -0.05) is 11.6 Å². The van der Waals surface area contributed by atoms with Crippen LogP contribution in [0.1, 0.15) is 6.92 Å². The van der Waals surface area contributed by atoms with E-state index in [1.54, 1.807) is 26.5 Å². The molecule has 3 N–H and O–H groups in total. The molecule has 0 atom stereocenters. The molecular weight excluding hydrogens is 266 g/mol. The Bertz CT molecular complexity index is 617. The molecule has 0 radical (unpaired) electrons. The van der Waals surface area contributed by atoms with Crippen LogP contribution in [0.4, 0.5) is 11.4 Å². The van der Waals surface area contributed by atoms with Gasteiger partial charge in [0.15, 0.2) is 0 Å². The maximum Gasteiger partial charge on any atom is 0.149 e. The molecule has 102 valence electrons. The number of fused-ring (bicyclic) bond motifs is 1. The Balaban J connectivity index is 2.91. The minimum absolute atomic E-state index is 0.457. The summed E-state index contributed by atoms with van der Waals surface area (Å²) in [7, 11) is 3.13. The number of aromatic nitrogens is 1. The fraction of sp³-hybridized carbons (Fsp3) is 0.308. The number of nitrogen functional groups attached to an aromatic ring is 1. The van der Waals surface area contributed by atoms with Crippen LogP contribution in [0.25, 0.3) is 10.9 Å². The third-order valence-corrected chi connectivity index (χ3v) is 3.10. The maximum atomic E-state index is 6.21. The highest BCUT2D eigenvalue weighted by Crippen LogP contribution is 2.43. The topological polar surface area (TPSA) is 69.4 Å². The molecule has 1 heterocycles. The lowest BCUT2D eigenvalue weighted by atomic mass is 10.1. The summed E-state index contributed by atoms with van der Waals surface area (Å²) < 4.78 is 10.7. The van der Waals surface area contributed by atoms with E-state index in [1.807, 2.05) is 6.92 Å². The molecule has 0 amide bonds. The monoisotopic (exact) mass is 281 g/mol. The second-order valence-corrected chi connectivity index (χ2v) is 4.34. The molecule has 1 aromatic heterocycles. The minimum Gasteiger partial charge on any atom is -0.494 e. The predicted octanol–water partition coefficient (Wildman–Crippen LogP) is 2.92. The van der Waals surface area contributed by atoms with Crippen LogP contribution in [0.15, 0.2) is 12.3 Å². The quantitative estimate of drug-likeness (QED) is 0.902. The van der Waals surface area contributed by atoms with Crippen LogP contribution >= 0.6 is 11.6 Å². The fourth-order valence-electron chi connectivity index (χ4n) is 2.02. The molecule has 0 aliphatic carbocycles. The second kappa shape index (κ2) is 5.40. The van der Waals surface area contributed by atoms with E-state index >= 15 is 0 Å². The molecule has 2 rings (SSSR count). The average molecular weight is 282 g/mol. The summed E-state index contributed by atoms with van der Waals surface area (Å²) in [5.74, 6) is 1.12. The number of rotatable bonds is 4. The van der Waals surface area contributed by atoms with Crippen molar-refractivity contribution in [2.45, 2.75) is 6.92 Å². The molecule has 0 bridgehead atoms. The number of ether oxygens (including phenoxy) is 2. The highest BCUT2D eigenvalue weighted by molar-refractivity contribution is 6.34. The molecule has 0 aliphatic heterocycles. The highest BCUT2D eigenvalue weighted by atomic mass is 35.5. The van der Waals surface area contributed by atoms with E-state index in [4.69, 9.17) is 26.8 Å². The zero-order chi connectivity index (χ0) is 14.0. The normalized spacial score (nSPS) is 10.5. The van der Waals surface area contributed by atoms with E-state index in [0.29, 0.717) is 27.7 Å². The van der Waals surface area contributed by atoms with Gasteiger partial charge in [0.1, 0.15) is 17.0 Å². The third kappa shape index (κ3) is 2.21. The maximum absolute atomic E-state index is 6.21. The Kier molecular flexibility index (Phi) is 3.85. The first-order valence-corrected chi connectivity index (χ1v) is 6.24. The van der Waals surface area contributed by atoms with Gasteiger partial charge in [-0.05, 0) is 6.92 Å². The van der Waals surface area contributed by atoms with Crippen molar-refractivity contribution in [3.8, 4) is 11.5 Å². The number of halogens is 1. The van der Waals surface area contributed by atoms with Crippen molar-refractivity contribution in [3.05, 3.63) is 17.3 Å². The molecule has 0 fully saturated rings. The van der Waals surface area contributed by atoms with E-state index in [2.05, 4.69) is 10.3 Å². The molecule has 0 unspecified atom stereocenters. The van der Waals surface area contributed by atoms with Gasteiger partial charge in [-0.3, -0.25) is 0 Å². The number of hydrogen-bond donors (Lipinski definition) is 2. The number of nitrogens with one attached hydrogen (secondary N) is 1. The van der Waals surface area contributed by atoms with Gasteiger partial charge in [-0.2, -0.15) is 0 Å². The first-order valence-electron chi connectivity index (χ1n) is 5.86. The zero-order valence-electron chi connectivity index (χ0n) is 11.1. The number of benzene rings is 1. The molecule has 1 aromatic carbocycles. The van der Waals surface area contributed by atoms with Crippen molar-refractivity contribution in [3.63, 3.8) is 0 Å². The first-order chi connectivity index (χ1) is 9.13. The SMILES string of the molecule is CCNc1c(N)cnc2c(OC)cc(Cl)c(OC)c12. The molecular formula is C13H16ClN3O2. The summed E-state index contributed by atoms with van der Waals surface area (Å²) in [6.07, 6.45) is 1.59. The Morgan fingerprint density at radius 2 is 2.11 bits per heavy atom. The Morgan fingerprint density at radius 1 is 1.37 bits per heavy atom. The van der Waals surface area contributed by atoms with Gasteiger partial charge in [0, 0.05) is 12.6 Å². The average Bonchev–Trinajstić information content (AvgIpc) is 2.41. The lowest BCUT2D eigenvalue weighted by molar-refractivity contribution is 0.410. The Morgan fingerprint density at radius 3 is 2.68 bits per heavy atom. The zero-order valence-corrected chi connectivity index (χ0v) is 11.8. The number of pyridine rings is 1. The number of hydrogen-bond acceptors (Lipinski definition) is 5. The molecule has 6 heteroatoms. The number of nitrogens with two attached hydrogens (primary N) is 1. The summed E-state index contributed by atoms with van der Waals surface area (Å²) in [6.45, 7) is 2.71. The van der Waals surface area contributed by atoms with Crippen molar-refractivity contribution < 1.29 is 9.47 Å². The van der Waals surface area contributed by atoms with E-state index in [-0.39, 0.29) is 0 Å². The number of nitrogens with zero attached hydrogens (tertiary/aromatic N) is 1. The smallest absolute Gasteiger partial charge is 0.149 e. The second-order valence-electron chi connectivity index (χ2n) is 3.94. The molecule has 0 saturated heterocycles. The van der Waals surface area contributed by atoms with Crippen molar-refractivity contribution in [1.29, 1.82) is 0 Å². The van der Waals surface area contributed by atoms with Gasteiger partial charge in [0.2, 0.25) is 0 Å². The van der Waals surface area contributed by atoms with Crippen molar-refractivity contribution in [2.75, 3.05) is 31.8 Å². The van der Waals surface area contributed by atoms with E-state index in [9.17, 15) is 0 Å². The van der Waals surface area contributed by atoms with Gasteiger partial charge >= 0.3 is 0 Å². The molecule has 19 heavy (non-hydrogen) atoms. The van der Waals surface area contributed by atoms with Crippen LogP contribution in [0.3, 0.4) is 0 Å². The lowest BCUT2D eigenvalue weighted by Crippen LogP contribution is -2.04. The van der Waals surface area contributed by atoms with Crippen molar-refractivity contribution >= 4 is 33.9 Å². The van der Waals surface area contributed by atoms with Crippen LogP contribution in [0.5, 0.6) is 11.5 Å². The van der Waals surface area contributed by atoms with Gasteiger partial charge in [-0.25, -0.2) is 4.98 Å². The Hall–Kier alpha value is -1.88. The molecule has 0 saturated carbocycles. The van der Waals surface area contributed by atoms with E-state index in [0.717, 1.165) is 17.6 Å². The van der Waals surface area contributed by atoms with Crippen LogP contribution in [0.2, 0.25) is 5.02 Å².